The second kappa shape index (κ2) is 5.44. The summed E-state index contributed by atoms with van der Waals surface area (Å²) in [7, 11) is 1.69. The first-order valence-electron chi connectivity index (χ1n) is 6.95. The van der Waals surface area contributed by atoms with Crippen LogP contribution in [0.5, 0.6) is 5.75 Å². The van der Waals surface area contributed by atoms with Gasteiger partial charge in [0.25, 0.3) is 0 Å². The highest BCUT2D eigenvalue weighted by atomic mass is 16.5. The minimum absolute atomic E-state index is 0.854. The molecule has 21 heavy (non-hydrogen) atoms. The van der Waals surface area contributed by atoms with Crippen molar-refractivity contribution in [3.8, 4) is 5.75 Å². The lowest BCUT2D eigenvalue weighted by atomic mass is 10.1. The van der Waals surface area contributed by atoms with Crippen LogP contribution in [-0.2, 0) is 0 Å². The Morgan fingerprint density at radius 2 is 1.81 bits per heavy atom. The van der Waals surface area contributed by atoms with Crippen LogP contribution in [0.1, 0.15) is 11.3 Å². The van der Waals surface area contributed by atoms with Gasteiger partial charge in [-0.3, -0.25) is 4.98 Å². The summed E-state index contributed by atoms with van der Waals surface area (Å²) >= 11 is 0. The first-order chi connectivity index (χ1) is 10.2. The van der Waals surface area contributed by atoms with Gasteiger partial charge in [-0.2, -0.15) is 0 Å². The van der Waals surface area contributed by atoms with Gasteiger partial charge < -0.3 is 10.1 Å². The standard InChI is InChI=1S/C18H18N2O/c1-12-8-14(11-15(9-12)21-3)20-18-10-13(2)19-17-7-5-4-6-16(17)18/h4-11H,1-3H3,(H,19,20). The van der Waals surface area contributed by atoms with Crippen molar-refractivity contribution in [2.75, 3.05) is 12.4 Å². The summed E-state index contributed by atoms with van der Waals surface area (Å²) in [5.74, 6) is 0.854. The van der Waals surface area contributed by atoms with E-state index in [0.717, 1.165) is 39.3 Å². The molecule has 0 unspecified atom stereocenters. The lowest BCUT2D eigenvalue weighted by Gasteiger charge is -2.12. The van der Waals surface area contributed by atoms with Gasteiger partial charge >= 0.3 is 0 Å². The molecule has 0 saturated heterocycles. The van der Waals surface area contributed by atoms with Crippen LogP contribution < -0.4 is 10.1 Å². The van der Waals surface area contributed by atoms with Gasteiger partial charge in [0.15, 0.2) is 0 Å². The van der Waals surface area contributed by atoms with Gasteiger partial charge in [-0.1, -0.05) is 18.2 Å². The Morgan fingerprint density at radius 1 is 1.00 bits per heavy atom. The normalized spacial score (nSPS) is 10.6. The lowest BCUT2D eigenvalue weighted by molar-refractivity contribution is 0.414. The predicted molar refractivity (Wildman–Crippen MR) is 87.5 cm³/mol. The van der Waals surface area contributed by atoms with Crippen LogP contribution in [0.4, 0.5) is 11.4 Å². The average Bonchev–Trinajstić information content (AvgIpc) is 2.46. The molecule has 3 aromatic rings. The summed E-state index contributed by atoms with van der Waals surface area (Å²) in [6, 6.07) is 16.3. The predicted octanol–water partition coefficient (Wildman–Crippen LogP) is 4.60. The molecule has 0 atom stereocenters. The van der Waals surface area contributed by atoms with Crippen molar-refractivity contribution < 1.29 is 4.74 Å². The Balaban J connectivity index is 2.07. The molecule has 1 aromatic heterocycles. The number of nitrogens with one attached hydrogen (secondary N) is 1. The van der Waals surface area contributed by atoms with E-state index in [2.05, 4.69) is 35.4 Å². The van der Waals surface area contributed by atoms with Crippen molar-refractivity contribution >= 4 is 22.3 Å². The molecule has 1 heterocycles. The van der Waals surface area contributed by atoms with E-state index >= 15 is 0 Å². The number of rotatable bonds is 3. The van der Waals surface area contributed by atoms with Crippen molar-refractivity contribution in [1.29, 1.82) is 0 Å². The third-order valence-corrected chi connectivity index (χ3v) is 3.41. The van der Waals surface area contributed by atoms with Crippen LogP contribution in [0.3, 0.4) is 0 Å². The number of aryl methyl sites for hydroxylation is 2. The SMILES string of the molecule is COc1cc(C)cc(Nc2cc(C)nc3ccccc23)c1. The molecule has 0 saturated carbocycles. The highest BCUT2D eigenvalue weighted by Gasteiger charge is 2.05. The summed E-state index contributed by atoms with van der Waals surface area (Å²) in [5.41, 5.74) is 5.23. The number of benzene rings is 2. The second-order valence-corrected chi connectivity index (χ2v) is 5.19. The molecule has 0 fully saturated rings. The monoisotopic (exact) mass is 278 g/mol. The Morgan fingerprint density at radius 3 is 2.62 bits per heavy atom. The highest BCUT2D eigenvalue weighted by molar-refractivity contribution is 5.93. The fourth-order valence-electron chi connectivity index (χ4n) is 2.50. The maximum absolute atomic E-state index is 5.33. The first kappa shape index (κ1) is 13.4. The minimum atomic E-state index is 0.854. The quantitative estimate of drug-likeness (QED) is 0.760. The van der Waals surface area contributed by atoms with Crippen LogP contribution in [0.25, 0.3) is 10.9 Å². The number of para-hydroxylation sites is 1. The number of anilines is 2. The van der Waals surface area contributed by atoms with Crippen LogP contribution in [-0.4, -0.2) is 12.1 Å². The number of methoxy groups -OCH3 is 1. The molecule has 0 aliphatic carbocycles. The zero-order valence-electron chi connectivity index (χ0n) is 12.5. The molecule has 0 spiro atoms. The molecule has 0 aliphatic heterocycles. The van der Waals surface area contributed by atoms with E-state index in [1.165, 1.54) is 0 Å². The van der Waals surface area contributed by atoms with E-state index in [0.29, 0.717) is 0 Å². The number of aromatic nitrogens is 1. The average molecular weight is 278 g/mol. The molecule has 0 amide bonds. The van der Waals surface area contributed by atoms with E-state index in [9.17, 15) is 0 Å². The Hall–Kier alpha value is -2.55. The Bertz CT molecular complexity index is 796. The molecule has 2 aromatic carbocycles. The van der Waals surface area contributed by atoms with Crippen molar-refractivity contribution in [3.63, 3.8) is 0 Å². The smallest absolute Gasteiger partial charge is 0.121 e. The molecule has 3 heteroatoms. The minimum Gasteiger partial charge on any atom is -0.497 e. The summed E-state index contributed by atoms with van der Waals surface area (Å²) in [6.07, 6.45) is 0. The largest absolute Gasteiger partial charge is 0.497 e. The van der Waals surface area contributed by atoms with Crippen LogP contribution >= 0.6 is 0 Å². The molecule has 3 nitrogen and oxygen atoms in total. The van der Waals surface area contributed by atoms with E-state index < -0.39 is 0 Å². The van der Waals surface area contributed by atoms with Gasteiger partial charge in [0.2, 0.25) is 0 Å². The number of fused-ring (bicyclic) bond motifs is 1. The molecule has 3 rings (SSSR count). The maximum atomic E-state index is 5.33. The number of hydrogen-bond donors (Lipinski definition) is 1. The molecule has 1 N–H and O–H groups in total. The maximum Gasteiger partial charge on any atom is 0.121 e. The van der Waals surface area contributed by atoms with Crippen LogP contribution in [0.2, 0.25) is 0 Å². The lowest BCUT2D eigenvalue weighted by Crippen LogP contribution is -1.96. The van der Waals surface area contributed by atoms with Gasteiger partial charge in [-0.25, -0.2) is 0 Å². The van der Waals surface area contributed by atoms with E-state index in [1.54, 1.807) is 7.11 Å². The fraction of sp³-hybridized carbons (Fsp3) is 0.167. The summed E-state index contributed by atoms with van der Waals surface area (Å²) in [4.78, 5) is 4.56. The van der Waals surface area contributed by atoms with E-state index in [-0.39, 0.29) is 0 Å². The molecular weight excluding hydrogens is 260 g/mol. The first-order valence-corrected chi connectivity index (χ1v) is 6.95. The van der Waals surface area contributed by atoms with Gasteiger partial charge in [0.05, 0.1) is 12.6 Å². The molecule has 0 bridgehead atoms. The zero-order valence-corrected chi connectivity index (χ0v) is 12.5. The number of pyridine rings is 1. The number of hydrogen-bond acceptors (Lipinski definition) is 3. The van der Waals surface area contributed by atoms with Crippen LogP contribution in [0.15, 0.2) is 48.5 Å². The highest BCUT2D eigenvalue weighted by Crippen LogP contribution is 2.28. The number of nitrogens with zero attached hydrogens (tertiary/aromatic N) is 1. The molecule has 106 valence electrons. The summed E-state index contributed by atoms with van der Waals surface area (Å²) in [6.45, 7) is 4.07. The molecule has 0 aliphatic rings. The van der Waals surface area contributed by atoms with Gasteiger partial charge in [0, 0.05) is 28.5 Å². The molecule has 0 radical (unpaired) electrons. The van der Waals surface area contributed by atoms with Gasteiger partial charge in [-0.15, -0.1) is 0 Å². The van der Waals surface area contributed by atoms with Crippen molar-refractivity contribution in [3.05, 3.63) is 59.8 Å². The van der Waals surface area contributed by atoms with E-state index in [1.807, 2.05) is 37.3 Å². The fourth-order valence-corrected chi connectivity index (χ4v) is 2.50. The molecular formula is C18H18N2O. The van der Waals surface area contributed by atoms with Crippen molar-refractivity contribution in [2.24, 2.45) is 0 Å². The Labute approximate surface area is 124 Å². The van der Waals surface area contributed by atoms with E-state index in [4.69, 9.17) is 4.74 Å². The summed E-state index contributed by atoms with van der Waals surface area (Å²) in [5, 5.41) is 4.60. The third-order valence-electron chi connectivity index (χ3n) is 3.41. The number of ether oxygens (including phenoxy) is 1. The van der Waals surface area contributed by atoms with Gasteiger partial charge in [-0.05, 0) is 43.7 Å². The van der Waals surface area contributed by atoms with Gasteiger partial charge in [0.1, 0.15) is 5.75 Å². The zero-order chi connectivity index (χ0) is 14.8. The van der Waals surface area contributed by atoms with Crippen LogP contribution in [0, 0.1) is 13.8 Å². The third kappa shape index (κ3) is 2.82. The topological polar surface area (TPSA) is 34.1 Å². The Kier molecular flexibility index (Phi) is 3.48. The van der Waals surface area contributed by atoms with Crippen molar-refractivity contribution in [1.82, 2.24) is 4.98 Å². The van der Waals surface area contributed by atoms with Crippen molar-refractivity contribution in [2.45, 2.75) is 13.8 Å². The second-order valence-electron chi connectivity index (χ2n) is 5.19. The summed E-state index contributed by atoms with van der Waals surface area (Å²) < 4.78 is 5.33.